The molecule has 0 aromatic rings. The minimum atomic E-state index is 0.644. The second-order valence-electron chi connectivity index (χ2n) is 4.24. The van der Waals surface area contributed by atoms with Crippen molar-refractivity contribution < 1.29 is 4.74 Å². The van der Waals surface area contributed by atoms with E-state index in [2.05, 4.69) is 19.2 Å². The third kappa shape index (κ3) is 3.11. The highest BCUT2D eigenvalue weighted by atomic mass is 16.5. The second kappa shape index (κ2) is 4.83. The standard InChI is InChI=1S/C10H21NO/c1-8-4-10(5-8)11-6-9(2)7-12-3/h8-11H,4-7H2,1-3H3. The van der Waals surface area contributed by atoms with E-state index >= 15 is 0 Å². The Bertz CT molecular complexity index is 116. The van der Waals surface area contributed by atoms with Gasteiger partial charge in [0.2, 0.25) is 0 Å². The van der Waals surface area contributed by atoms with Crippen LogP contribution in [0.15, 0.2) is 0 Å². The molecule has 0 aliphatic heterocycles. The van der Waals surface area contributed by atoms with Crippen molar-refractivity contribution in [3.8, 4) is 0 Å². The zero-order chi connectivity index (χ0) is 8.97. The van der Waals surface area contributed by atoms with Gasteiger partial charge in [0, 0.05) is 26.3 Å². The number of nitrogens with one attached hydrogen (secondary N) is 1. The maximum atomic E-state index is 5.07. The van der Waals surface area contributed by atoms with Gasteiger partial charge in [-0.15, -0.1) is 0 Å². The molecule has 1 aliphatic carbocycles. The van der Waals surface area contributed by atoms with Gasteiger partial charge >= 0.3 is 0 Å². The summed E-state index contributed by atoms with van der Waals surface area (Å²) in [5.74, 6) is 1.59. The van der Waals surface area contributed by atoms with E-state index < -0.39 is 0 Å². The Balaban J connectivity index is 1.95. The quantitative estimate of drug-likeness (QED) is 0.679. The number of methoxy groups -OCH3 is 1. The third-order valence-electron chi connectivity index (χ3n) is 2.58. The summed E-state index contributed by atoms with van der Waals surface area (Å²) in [6.45, 7) is 6.51. The fraction of sp³-hybridized carbons (Fsp3) is 1.00. The van der Waals surface area contributed by atoms with Crippen LogP contribution in [0.2, 0.25) is 0 Å². The molecule has 72 valence electrons. The largest absolute Gasteiger partial charge is 0.384 e. The molecule has 1 unspecified atom stereocenters. The van der Waals surface area contributed by atoms with Gasteiger partial charge in [-0.1, -0.05) is 13.8 Å². The molecule has 1 rings (SSSR count). The fourth-order valence-electron chi connectivity index (χ4n) is 1.78. The first kappa shape index (κ1) is 10.0. The van der Waals surface area contributed by atoms with Crippen LogP contribution in [0.3, 0.4) is 0 Å². The lowest BCUT2D eigenvalue weighted by atomic mass is 9.82. The smallest absolute Gasteiger partial charge is 0.0499 e. The molecule has 1 aliphatic rings. The van der Waals surface area contributed by atoms with E-state index in [1.165, 1.54) is 12.8 Å². The highest BCUT2D eigenvalue weighted by Crippen LogP contribution is 2.26. The zero-order valence-corrected chi connectivity index (χ0v) is 8.47. The summed E-state index contributed by atoms with van der Waals surface area (Å²) in [6.07, 6.45) is 2.72. The number of ether oxygens (including phenoxy) is 1. The van der Waals surface area contributed by atoms with Gasteiger partial charge in [0.25, 0.3) is 0 Å². The molecule has 0 heterocycles. The maximum Gasteiger partial charge on any atom is 0.0499 e. The van der Waals surface area contributed by atoms with E-state index in [-0.39, 0.29) is 0 Å². The lowest BCUT2D eigenvalue weighted by molar-refractivity contribution is 0.149. The summed E-state index contributed by atoms with van der Waals surface area (Å²) in [6, 6.07) is 0.791. The average Bonchev–Trinajstić information content (AvgIpc) is 1.96. The predicted molar refractivity (Wildman–Crippen MR) is 51.2 cm³/mol. The Morgan fingerprint density at radius 3 is 2.67 bits per heavy atom. The van der Waals surface area contributed by atoms with Gasteiger partial charge in [-0.25, -0.2) is 0 Å². The lowest BCUT2D eigenvalue weighted by Crippen LogP contribution is -2.42. The Morgan fingerprint density at radius 2 is 2.17 bits per heavy atom. The van der Waals surface area contributed by atoms with E-state index in [0.717, 1.165) is 25.1 Å². The molecule has 0 spiro atoms. The minimum absolute atomic E-state index is 0.644. The van der Waals surface area contributed by atoms with Crippen molar-refractivity contribution in [3.63, 3.8) is 0 Å². The van der Waals surface area contributed by atoms with E-state index in [1.54, 1.807) is 7.11 Å². The minimum Gasteiger partial charge on any atom is -0.384 e. The summed E-state index contributed by atoms with van der Waals surface area (Å²) >= 11 is 0. The van der Waals surface area contributed by atoms with Crippen LogP contribution >= 0.6 is 0 Å². The molecule has 0 aromatic carbocycles. The molecule has 2 nitrogen and oxygen atoms in total. The molecular weight excluding hydrogens is 150 g/mol. The maximum absolute atomic E-state index is 5.07. The van der Waals surface area contributed by atoms with E-state index in [4.69, 9.17) is 4.74 Å². The van der Waals surface area contributed by atoms with Gasteiger partial charge in [-0.2, -0.15) is 0 Å². The highest BCUT2D eigenvalue weighted by molar-refractivity contribution is 4.82. The molecule has 2 heteroatoms. The first-order valence-corrected chi connectivity index (χ1v) is 4.94. The SMILES string of the molecule is COCC(C)CNC1CC(C)C1. The van der Waals surface area contributed by atoms with Crippen molar-refractivity contribution >= 4 is 0 Å². The second-order valence-corrected chi connectivity index (χ2v) is 4.24. The Kier molecular flexibility index (Phi) is 4.02. The number of hydrogen-bond acceptors (Lipinski definition) is 2. The van der Waals surface area contributed by atoms with Crippen LogP contribution in [-0.2, 0) is 4.74 Å². The van der Waals surface area contributed by atoms with Crippen LogP contribution in [0, 0.1) is 11.8 Å². The molecule has 1 saturated carbocycles. The van der Waals surface area contributed by atoms with Gasteiger partial charge in [0.1, 0.15) is 0 Å². The van der Waals surface area contributed by atoms with Crippen LogP contribution in [-0.4, -0.2) is 26.3 Å². The molecular formula is C10H21NO. The summed E-state index contributed by atoms with van der Waals surface area (Å²) < 4.78 is 5.07. The molecule has 0 saturated heterocycles. The van der Waals surface area contributed by atoms with Crippen LogP contribution in [0.25, 0.3) is 0 Å². The molecule has 0 amide bonds. The van der Waals surface area contributed by atoms with Gasteiger partial charge < -0.3 is 10.1 Å². The van der Waals surface area contributed by atoms with Crippen LogP contribution < -0.4 is 5.32 Å². The van der Waals surface area contributed by atoms with Gasteiger partial charge in [0.05, 0.1) is 0 Å². The summed E-state index contributed by atoms with van der Waals surface area (Å²) in [5.41, 5.74) is 0. The molecule has 12 heavy (non-hydrogen) atoms. The van der Waals surface area contributed by atoms with Gasteiger partial charge in [0.15, 0.2) is 0 Å². The van der Waals surface area contributed by atoms with Crippen LogP contribution in [0.5, 0.6) is 0 Å². The zero-order valence-electron chi connectivity index (χ0n) is 8.47. The Hall–Kier alpha value is -0.0800. The van der Waals surface area contributed by atoms with Crippen LogP contribution in [0.1, 0.15) is 26.7 Å². The topological polar surface area (TPSA) is 21.3 Å². The molecule has 0 bridgehead atoms. The Labute approximate surface area is 75.7 Å². The van der Waals surface area contributed by atoms with Crippen molar-refractivity contribution in [2.24, 2.45) is 11.8 Å². The first-order valence-electron chi connectivity index (χ1n) is 4.94. The van der Waals surface area contributed by atoms with Crippen molar-refractivity contribution in [2.75, 3.05) is 20.3 Å². The van der Waals surface area contributed by atoms with E-state index in [0.29, 0.717) is 5.92 Å². The number of rotatable bonds is 5. The first-order chi connectivity index (χ1) is 5.72. The van der Waals surface area contributed by atoms with E-state index in [9.17, 15) is 0 Å². The summed E-state index contributed by atoms with van der Waals surface area (Å²) in [4.78, 5) is 0. The monoisotopic (exact) mass is 171 g/mol. The normalized spacial score (nSPS) is 31.2. The molecule has 0 aromatic heterocycles. The molecule has 0 radical (unpaired) electrons. The molecule has 1 atom stereocenters. The van der Waals surface area contributed by atoms with Crippen molar-refractivity contribution in [1.82, 2.24) is 5.32 Å². The highest BCUT2D eigenvalue weighted by Gasteiger charge is 2.24. The molecule has 1 N–H and O–H groups in total. The number of hydrogen-bond donors (Lipinski definition) is 1. The average molecular weight is 171 g/mol. The Morgan fingerprint density at radius 1 is 1.50 bits per heavy atom. The van der Waals surface area contributed by atoms with Crippen LogP contribution in [0.4, 0.5) is 0 Å². The predicted octanol–water partition coefficient (Wildman–Crippen LogP) is 1.66. The fourth-order valence-corrected chi connectivity index (χ4v) is 1.78. The van der Waals surface area contributed by atoms with Crippen molar-refractivity contribution in [3.05, 3.63) is 0 Å². The van der Waals surface area contributed by atoms with Crippen molar-refractivity contribution in [2.45, 2.75) is 32.7 Å². The third-order valence-corrected chi connectivity index (χ3v) is 2.58. The summed E-state index contributed by atoms with van der Waals surface area (Å²) in [7, 11) is 1.77. The van der Waals surface area contributed by atoms with Gasteiger partial charge in [-0.3, -0.25) is 0 Å². The summed E-state index contributed by atoms with van der Waals surface area (Å²) in [5, 5.41) is 3.55. The van der Waals surface area contributed by atoms with Gasteiger partial charge in [-0.05, 0) is 24.7 Å². The van der Waals surface area contributed by atoms with E-state index in [1.807, 2.05) is 0 Å². The lowest BCUT2D eigenvalue weighted by Gasteiger charge is -2.34. The molecule has 1 fully saturated rings. The van der Waals surface area contributed by atoms with Crippen molar-refractivity contribution in [1.29, 1.82) is 0 Å².